The van der Waals surface area contributed by atoms with Gasteiger partial charge in [-0.05, 0) is 32.1 Å². The Morgan fingerprint density at radius 1 is 1.33 bits per heavy atom. The van der Waals surface area contributed by atoms with Crippen LogP contribution in [0.5, 0.6) is 0 Å². The van der Waals surface area contributed by atoms with Crippen molar-refractivity contribution in [1.29, 1.82) is 0 Å². The SMILES string of the molecule is Cc1nc(CC(CBr)CC(C)C)sc1C. The molecular weight excluding hydrogens is 270 g/mol. The Morgan fingerprint density at radius 3 is 2.40 bits per heavy atom. The first kappa shape index (κ1) is 13.2. The van der Waals surface area contributed by atoms with Crippen molar-refractivity contribution in [3.8, 4) is 0 Å². The molecule has 0 saturated heterocycles. The summed E-state index contributed by atoms with van der Waals surface area (Å²) >= 11 is 5.46. The monoisotopic (exact) mass is 289 g/mol. The van der Waals surface area contributed by atoms with Gasteiger partial charge in [0.25, 0.3) is 0 Å². The highest BCUT2D eigenvalue weighted by atomic mass is 79.9. The number of rotatable bonds is 5. The van der Waals surface area contributed by atoms with Crippen LogP contribution in [0.15, 0.2) is 0 Å². The second kappa shape index (κ2) is 6.00. The van der Waals surface area contributed by atoms with Crippen LogP contribution < -0.4 is 0 Å². The molecule has 86 valence electrons. The van der Waals surface area contributed by atoms with Crippen molar-refractivity contribution in [1.82, 2.24) is 4.98 Å². The number of alkyl halides is 1. The zero-order valence-corrected chi connectivity index (χ0v) is 12.4. The van der Waals surface area contributed by atoms with E-state index in [1.807, 2.05) is 11.3 Å². The lowest BCUT2D eigenvalue weighted by Crippen LogP contribution is -2.09. The normalized spacial score (nSPS) is 13.5. The van der Waals surface area contributed by atoms with Crippen LogP contribution >= 0.6 is 27.3 Å². The van der Waals surface area contributed by atoms with E-state index in [-0.39, 0.29) is 0 Å². The van der Waals surface area contributed by atoms with E-state index in [2.05, 4.69) is 48.6 Å². The molecule has 3 heteroatoms. The number of thiazole rings is 1. The Balaban J connectivity index is 2.58. The first-order valence-electron chi connectivity index (χ1n) is 5.51. The fourth-order valence-electron chi connectivity index (χ4n) is 1.74. The fraction of sp³-hybridized carbons (Fsp3) is 0.750. The van der Waals surface area contributed by atoms with Crippen LogP contribution in [-0.2, 0) is 6.42 Å². The maximum Gasteiger partial charge on any atom is 0.0933 e. The van der Waals surface area contributed by atoms with Gasteiger partial charge in [0.15, 0.2) is 0 Å². The predicted molar refractivity (Wildman–Crippen MR) is 72.0 cm³/mol. The average molecular weight is 290 g/mol. The van der Waals surface area contributed by atoms with Gasteiger partial charge in [0, 0.05) is 16.6 Å². The Morgan fingerprint density at radius 2 is 2.00 bits per heavy atom. The third kappa shape index (κ3) is 4.23. The summed E-state index contributed by atoms with van der Waals surface area (Å²) in [6.45, 7) is 8.82. The number of hydrogen-bond acceptors (Lipinski definition) is 2. The van der Waals surface area contributed by atoms with Crippen LogP contribution in [-0.4, -0.2) is 10.3 Å². The van der Waals surface area contributed by atoms with Gasteiger partial charge >= 0.3 is 0 Å². The van der Waals surface area contributed by atoms with Gasteiger partial charge in [0.1, 0.15) is 0 Å². The first-order chi connectivity index (χ1) is 7.02. The maximum absolute atomic E-state index is 4.60. The van der Waals surface area contributed by atoms with E-state index in [0.717, 1.165) is 23.6 Å². The molecule has 1 aromatic rings. The molecule has 1 atom stereocenters. The number of nitrogens with zero attached hydrogens (tertiary/aromatic N) is 1. The number of halogens is 1. The molecule has 0 aliphatic carbocycles. The summed E-state index contributed by atoms with van der Waals surface area (Å²) in [5, 5.41) is 2.39. The third-order valence-electron chi connectivity index (χ3n) is 2.56. The summed E-state index contributed by atoms with van der Waals surface area (Å²) < 4.78 is 0. The summed E-state index contributed by atoms with van der Waals surface area (Å²) in [4.78, 5) is 5.97. The molecule has 0 bridgehead atoms. The molecule has 15 heavy (non-hydrogen) atoms. The van der Waals surface area contributed by atoms with Crippen LogP contribution in [0, 0.1) is 25.7 Å². The lowest BCUT2D eigenvalue weighted by atomic mass is 9.96. The number of aromatic nitrogens is 1. The summed E-state index contributed by atoms with van der Waals surface area (Å²) in [5.74, 6) is 1.50. The van der Waals surface area contributed by atoms with Gasteiger partial charge in [0.05, 0.1) is 10.7 Å². The van der Waals surface area contributed by atoms with E-state index in [4.69, 9.17) is 0 Å². The van der Waals surface area contributed by atoms with Gasteiger partial charge < -0.3 is 0 Å². The minimum Gasteiger partial charge on any atom is -0.246 e. The second-order valence-electron chi connectivity index (χ2n) is 4.60. The molecule has 1 unspecified atom stereocenters. The van der Waals surface area contributed by atoms with Crippen molar-refractivity contribution in [3.63, 3.8) is 0 Å². The summed E-state index contributed by atoms with van der Waals surface area (Å²) in [6.07, 6.45) is 2.41. The molecule has 1 heterocycles. The van der Waals surface area contributed by atoms with Gasteiger partial charge in [-0.3, -0.25) is 0 Å². The molecule has 0 spiro atoms. The molecule has 0 fully saturated rings. The largest absolute Gasteiger partial charge is 0.246 e. The second-order valence-corrected chi connectivity index (χ2v) is 6.54. The van der Waals surface area contributed by atoms with Crippen molar-refractivity contribution < 1.29 is 0 Å². The highest BCUT2D eigenvalue weighted by Crippen LogP contribution is 2.23. The van der Waals surface area contributed by atoms with Crippen LogP contribution in [0.2, 0.25) is 0 Å². The van der Waals surface area contributed by atoms with Crippen molar-refractivity contribution in [2.75, 3.05) is 5.33 Å². The highest BCUT2D eigenvalue weighted by molar-refractivity contribution is 9.09. The maximum atomic E-state index is 4.60. The van der Waals surface area contributed by atoms with E-state index in [9.17, 15) is 0 Å². The van der Waals surface area contributed by atoms with Gasteiger partial charge in [-0.1, -0.05) is 29.8 Å². The minimum atomic E-state index is 0.731. The molecule has 0 N–H and O–H groups in total. The van der Waals surface area contributed by atoms with E-state index in [1.54, 1.807) is 0 Å². The van der Waals surface area contributed by atoms with E-state index >= 15 is 0 Å². The third-order valence-corrected chi connectivity index (χ3v) is 4.57. The van der Waals surface area contributed by atoms with Crippen molar-refractivity contribution in [2.24, 2.45) is 11.8 Å². The summed E-state index contributed by atoms with van der Waals surface area (Å²) in [7, 11) is 0. The van der Waals surface area contributed by atoms with E-state index < -0.39 is 0 Å². The van der Waals surface area contributed by atoms with Crippen LogP contribution in [0.3, 0.4) is 0 Å². The fourth-order valence-corrected chi connectivity index (χ4v) is 3.28. The van der Waals surface area contributed by atoms with Gasteiger partial charge in [0.2, 0.25) is 0 Å². The number of hydrogen-bond donors (Lipinski definition) is 0. The quantitative estimate of drug-likeness (QED) is 0.734. The molecule has 0 aliphatic heterocycles. The van der Waals surface area contributed by atoms with E-state index in [1.165, 1.54) is 22.0 Å². The van der Waals surface area contributed by atoms with Crippen LogP contribution in [0.1, 0.15) is 35.8 Å². The molecule has 0 amide bonds. The molecule has 1 rings (SSSR count). The zero-order valence-electron chi connectivity index (χ0n) is 10.0. The summed E-state index contributed by atoms with van der Waals surface area (Å²) in [6, 6.07) is 0. The molecule has 0 radical (unpaired) electrons. The Hall–Kier alpha value is 0.110. The summed E-state index contributed by atoms with van der Waals surface area (Å²) in [5.41, 5.74) is 1.20. The highest BCUT2D eigenvalue weighted by Gasteiger charge is 2.13. The van der Waals surface area contributed by atoms with Crippen molar-refractivity contribution >= 4 is 27.3 Å². The smallest absolute Gasteiger partial charge is 0.0933 e. The van der Waals surface area contributed by atoms with Crippen molar-refractivity contribution in [3.05, 3.63) is 15.6 Å². The first-order valence-corrected chi connectivity index (χ1v) is 7.45. The molecular formula is C12H20BrNS. The van der Waals surface area contributed by atoms with Crippen molar-refractivity contribution in [2.45, 2.75) is 40.5 Å². The average Bonchev–Trinajstić information content (AvgIpc) is 2.44. The van der Waals surface area contributed by atoms with Crippen LogP contribution in [0.25, 0.3) is 0 Å². The van der Waals surface area contributed by atoms with E-state index in [0.29, 0.717) is 0 Å². The Labute approximate surface area is 105 Å². The Kier molecular flexibility index (Phi) is 5.27. The van der Waals surface area contributed by atoms with Gasteiger partial charge in [-0.2, -0.15) is 0 Å². The minimum absolute atomic E-state index is 0.731. The zero-order chi connectivity index (χ0) is 11.4. The van der Waals surface area contributed by atoms with Gasteiger partial charge in [-0.15, -0.1) is 11.3 Å². The molecule has 0 aliphatic rings. The topological polar surface area (TPSA) is 12.9 Å². The molecule has 0 aromatic carbocycles. The predicted octanol–water partition coefficient (Wildman–Crippen LogP) is 4.36. The molecule has 0 saturated carbocycles. The number of aryl methyl sites for hydroxylation is 2. The molecule has 1 aromatic heterocycles. The van der Waals surface area contributed by atoms with Gasteiger partial charge in [-0.25, -0.2) is 4.98 Å². The Bertz CT molecular complexity index is 287. The molecule has 1 nitrogen and oxygen atoms in total. The lowest BCUT2D eigenvalue weighted by molar-refractivity contribution is 0.444. The lowest BCUT2D eigenvalue weighted by Gasteiger charge is -2.14. The standard InChI is InChI=1S/C12H20BrNS/c1-8(2)5-11(7-13)6-12-14-9(3)10(4)15-12/h8,11H,5-7H2,1-4H3. The van der Waals surface area contributed by atoms with Crippen LogP contribution in [0.4, 0.5) is 0 Å².